The minimum absolute atomic E-state index is 0.0502. The lowest BCUT2D eigenvalue weighted by molar-refractivity contribution is 0.195. The zero-order valence-electron chi connectivity index (χ0n) is 13.3. The van der Waals surface area contributed by atoms with Crippen molar-refractivity contribution in [1.29, 1.82) is 0 Å². The van der Waals surface area contributed by atoms with Gasteiger partial charge in [0.05, 0.1) is 18.6 Å². The Labute approximate surface area is 125 Å². The Morgan fingerprint density at radius 3 is 2.43 bits per heavy atom. The molecular weight excluding hydrogens is 264 g/mol. The fourth-order valence-corrected chi connectivity index (χ4v) is 2.66. The molecule has 1 N–H and O–H groups in total. The second-order valence-corrected chi connectivity index (χ2v) is 6.98. The third-order valence-electron chi connectivity index (χ3n) is 4.37. The van der Waals surface area contributed by atoms with Crippen LogP contribution in [0.25, 0.3) is 11.2 Å². The van der Waals surface area contributed by atoms with E-state index in [-0.39, 0.29) is 12.0 Å². The predicted octanol–water partition coefficient (Wildman–Crippen LogP) is 2.85. The summed E-state index contributed by atoms with van der Waals surface area (Å²) in [4.78, 5) is 14.0. The number of rotatable bonds is 5. The molecule has 0 amide bonds. The first kappa shape index (κ1) is 14.4. The van der Waals surface area contributed by atoms with Crippen molar-refractivity contribution in [2.24, 2.45) is 5.41 Å². The van der Waals surface area contributed by atoms with E-state index < -0.39 is 0 Å². The van der Waals surface area contributed by atoms with Crippen molar-refractivity contribution in [3.8, 4) is 0 Å². The van der Waals surface area contributed by atoms with Crippen LogP contribution in [0.5, 0.6) is 0 Å². The molecule has 0 atom stereocenters. The summed E-state index contributed by atoms with van der Waals surface area (Å²) in [6.45, 7) is 9.55. The van der Waals surface area contributed by atoms with Crippen LogP contribution in [0.15, 0.2) is 6.33 Å². The molecule has 1 aliphatic carbocycles. The standard InChI is InChI=1S/C16H24N4O/c1-10(2)12-13-15(19-14(18-12)11(3)4)20(9-17-13)7-16(8-21)5-6-16/h9-11,21H,5-8H2,1-4H3. The molecule has 114 valence electrons. The number of aromatic nitrogens is 4. The molecule has 1 saturated carbocycles. The molecule has 0 saturated heterocycles. The summed E-state index contributed by atoms with van der Waals surface area (Å²) in [6, 6.07) is 0. The van der Waals surface area contributed by atoms with Gasteiger partial charge in [0.25, 0.3) is 0 Å². The normalized spacial score (nSPS) is 17.1. The summed E-state index contributed by atoms with van der Waals surface area (Å²) in [5.41, 5.74) is 2.89. The van der Waals surface area contributed by atoms with Gasteiger partial charge in [-0.3, -0.25) is 0 Å². The highest BCUT2D eigenvalue weighted by Gasteiger charge is 2.42. The van der Waals surface area contributed by atoms with Crippen LogP contribution in [0.2, 0.25) is 0 Å². The summed E-state index contributed by atoms with van der Waals surface area (Å²) in [7, 11) is 0. The zero-order valence-corrected chi connectivity index (χ0v) is 13.3. The van der Waals surface area contributed by atoms with Gasteiger partial charge < -0.3 is 9.67 Å². The molecule has 2 heterocycles. The third-order valence-corrected chi connectivity index (χ3v) is 4.37. The fourth-order valence-electron chi connectivity index (χ4n) is 2.66. The highest BCUT2D eigenvalue weighted by atomic mass is 16.3. The molecule has 3 rings (SSSR count). The molecule has 1 aliphatic rings. The first-order valence-corrected chi connectivity index (χ1v) is 7.79. The number of hydrogen-bond donors (Lipinski definition) is 1. The van der Waals surface area contributed by atoms with E-state index in [9.17, 15) is 5.11 Å². The molecule has 0 aromatic carbocycles. The average Bonchev–Trinajstić information content (AvgIpc) is 3.12. The quantitative estimate of drug-likeness (QED) is 0.919. The summed E-state index contributed by atoms with van der Waals surface area (Å²) < 4.78 is 2.10. The predicted molar refractivity (Wildman–Crippen MR) is 82.3 cm³/mol. The zero-order chi connectivity index (χ0) is 15.2. The molecule has 0 aliphatic heterocycles. The number of aliphatic hydroxyl groups excluding tert-OH is 1. The first-order chi connectivity index (χ1) is 9.96. The van der Waals surface area contributed by atoms with Gasteiger partial charge in [0, 0.05) is 17.9 Å². The summed E-state index contributed by atoms with van der Waals surface area (Å²) >= 11 is 0. The van der Waals surface area contributed by atoms with E-state index in [2.05, 4.69) is 37.2 Å². The summed E-state index contributed by atoms with van der Waals surface area (Å²) in [5, 5.41) is 9.55. The molecule has 2 aromatic heterocycles. The van der Waals surface area contributed by atoms with Crippen LogP contribution >= 0.6 is 0 Å². The fraction of sp³-hybridized carbons (Fsp3) is 0.688. The van der Waals surface area contributed by atoms with Crippen molar-refractivity contribution in [2.75, 3.05) is 6.61 Å². The van der Waals surface area contributed by atoms with E-state index in [1.54, 1.807) is 0 Å². The maximum absolute atomic E-state index is 9.55. The lowest BCUT2D eigenvalue weighted by Gasteiger charge is -2.14. The largest absolute Gasteiger partial charge is 0.396 e. The molecule has 5 nitrogen and oxygen atoms in total. The summed E-state index contributed by atoms with van der Waals surface area (Å²) in [5.74, 6) is 1.49. The first-order valence-electron chi connectivity index (χ1n) is 7.79. The molecule has 0 radical (unpaired) electrons. The van der Waals surface area contributed by atoms with Crippen molar-refractivity contribution in [3.05, 3.63) is 17.8 Å². The Morgan fingerprint density at radius 1 is 1.19 bits per heavy atom. The van der Waals surface area contributed by atoms with Crippen LogP contribution in [0, 0.1) is 5.41 Å². The topological polar surface area (TPSA) is 63.8 Å². The molecule has 1 fully saturated rings. The van der Waals surface area contributed by atoms with Crippen molar-refractivity contribution in [1.82, 2.24) is 19.5 Å². The van der Waals surface area contributed by atoms with Crippen LogP contribution in [-0.2, 0) is 6.54 Å². The van der Waals surface area contributed by atoms with Crippen molar-refractivity contribution >= 4 is 11.2 Å². The maximum Gasteiger partial charge on any atom is 0.163 e. The molecular formula is C16H24N4O. The SMILES string of the molecule is CC(C)c1nc(C(C)C)c2ncn(CC3(CO)CC3)c2n1. The van der Waals surface area contributed by atoms with Gasteiger partial charge in [-0.05, 0) is 18.8 Å². The Balaban J connectivity index is 2.10. The van der Waals surface area contributed by atoms with E-state index in [1.807, 2.05) is 6.33 Å². The second-order valence-electron chi connectivity index (χ2n) is 6.98. The van der Waals surface area contributed by atoms with Gasteiger partial charge in [0.2, 0.25) is 0 Å². The van der Waals surface area contributed by atoms with Gasteiger partial charge in [-0.15, -0.1) is 0 Å². The van der Waals surface area contributed by atoms with E-state index in [1.165, 1.54) is 0 Å². The molecule has 2 aromatic rings. The number of nitrogens with zero attached hydrogens (tertiary/aromatic N) is 4. The Bertz CT molecular complexity index is 656. The monoisotopic (exact) mass is 288 g/mol. The lowest BCUT2D eigenvalue weighted by atomic mass is 10.1. The average molecular weight is 288 g/mol. The number of fused-ring (bicyclic) bond motifs is 1. The highest BCUT2D eigenvalue weighted by Crippen LogP contribution is 2.46. The minimum Gasteiger partial charge on any atom is -0.396 e. The molecule has 21 heavy (non-hydrogen) atoms. The van der Waals surface area contributed by atoms with Crippen molar-refractivity contribution < 1.29 is 5.11 Å². The van der Waals surface area contributed by atoms with E-state index >= 15 is 0 Å². The van der Waals surface area contributed by atoms with Crippen molar-refractivity contribution in [2.45, 2.75) is 58.9 Å². The van der Waals surface area contributed by atoms with Gasteiger partial charge in [-0.25, -0.2) is 15.0 Å². The van der Waals surface area contributed by atoms with Crippen LogP contribution < -0.4 is 0 Å². The Hall–Kier alpha value is -1.49. The van der Waals surface area contributed by atoms with Crippen molar-refractivity contribution in [3.63, 3.8) is 0 Å². The Kier molecular flexibility index (Phi) is 3.48. The van der Waals surface area contributed by atoms with Crippen LogP contribution in [0.3, 0.4) is 0 Å². The molecule has 0 bridgehead atoms. The summed E-state index contributed by atoms with van der Waals surface area (Å²) in [6.07, 6.45) is 4.02. The molecule has 5 heteroatoms. The maximum atomic E-state index is 9.55. The number of imidazole rings is 1. The Morgan fingerprint density at radius 2 is 1.90 bits per heavy atom. The second kappa shape index (κ2) is 5.05. The molecule has 0 spiro atoms. The van der Waals surface area contributed by atoms with Crippen LogP contribution in [0.1, 0.15) is 63.9 Å². The van der Waals surface area contributed by atoms with Gasteiger partial charge in [0.1, 0.15) is 11.3 Å². The van der Waals surface area contributed by atoms with Gasteiger partial charge in [0.15, 0.2) is 5.65 Å². The van der Waals surface area contributed by atoms with Crippen LogP contribution in [-0.4, -0.2) is 31.2 Å². The molecule has 0 unspecified atom stereocenters. The highest BCUT2D eigenvalue weighted by molar-refractivity contribution is 5.74. The van der Waals surface area contributed by atoms with Crippen LogP contribution in [0.4, 0.5) is 0 Å². The van der Waals surface area contributed by atoms with Gasteiger partial charge >= 0.3 is 0 Å². The van der Waals surface area contributed by atoms with E-state index in [4.69, 9.17) is 9.97 Å². The lowest BCUT2D eigenvalue weighted by Crippen LogP contribution is -2.16. The van der Waals surface area contributed by atoms with Gasteiger partial charge in [-0.1, -0.05) is 27.7 Å². The smallest absolute Gasteiger partial charge is 0.163 e. The third kappa shape index (κ3) is 2.55. The number of aliphatic hydroxyl groups is 1. The number of hydrogen-bond acceptors (Lipinski definition) is 4. The van der Waals surface area contributed by atoms with E-state index in [0.717, 1.165) is 42.1 Å². The van der Waals surface area contributed by atoms with E-state index in [0.29, 0.717) is 11.8 Å². The van der Waals surface area contributed by atoms with Gasteiger partial charge in [-0.2, -0.15) is 0 Å². The minimum atomic E-state index is 0.0502.